The zero-order chi connectivity index (χ0) is 12.8. The summed E-state index contributed by atoms with van der Waals surface area (Å²) in [5.41, 5.74) is 6.92. The van der Waals surface area contributed by atoms with Gasteiger partial charge >= 0.3 is 0 Å². The van der Waals surface area contributed by atoms with E-state index >= 15 is 0 Å². The maximum absolute atomic E-state index is 14.4. The first-order valence-corrected chi connectivity index (χ1v) is 6.06. The SMILES string of the molecule is CC(C)(C)c1c(F)cc2c(c1F)CC(N)CC2. The van der Waals surface area contributed by atoms with Crippen molar-refractivity contribution < 1.29 is 8.78 Å². The summed E-state index contributed by atoms with van der Waals surface area (Å²) in [5, 5.41) is 0. The Hall–Kier alpha value is -0.960. The molecule has 0 spiro atoms. The van der Waals surface area contributed by atoms with Crippen molar-refractivity contribution in [2.75, 3.05) is 0 Å². The maximum atomic E-state index is 14.4. The molecule has 0 fully saturated rings. The normalized spacial score (nSPS) is 20.2. The van der Waals surface area contributed by atoms with Gasteiger partial charge in [0.05, 0.1) is 0 Å². The number of aryl methyl sites for hydroxylation is 1. The molecule has 0 aromatic heterocycles. The van der Waals surface area contributed by atoms with Crippen molar-refractivity contribution in [1.82, 2.24) is 0 Å². The summed E-state index contributed by atoms with van der Waals surface area (Å²) in [5.74, 6) is -0.813. The highest BCUT2D eigenvalue weighted by Crippen LogP contribution is 2.34. The van der Waals surface area contributed by atoms with Gasteiger partial charge < -0.3 is 5.73 Å². The van der Waals surface area contributed by atoms with Crippen LogP contribution in [0.4, 0.5) is 8.78 Å². The van der Waals surface area contributed by atoms with Gasteiger partial charge in [-0.2, -0.15) is 0 Å². The van der Waals surface area contributed by atoms with Gasteiger partial charge in [0.15, 0.2) is 0 Å². The van der Waals surface area contributed by atoms with Gasteiger partial charge in [-0.25, -0.2) is 8.78 Å². The van der Waals surface area contributed by atoms with Crippen molar-refractivity contribution in [3.63, 3.8) is 0 Å². The van der Waals surface area contributed by atoms with Crippen LogP contribution in [-0.4, -0.2) is 6.04 Å². The van der Waals surface area contributed by atoms with Crippen molar-refractivity contribution >= 4 is 0 Å². The molecule has 1 atom stereocenters. The molecule has 1 aliphatic carbocycles. The van der Waals surface area contributed by atoms with Gasteiger partial charge in [-0.15, -0.1) is 0 Å². The summed E-state index contributed by atoms with van der Waals surface area (Å²) in [4.78, 5) is 0. The van der Waals surface area contributed by atoms with Gasteiger partial charge in [0.25, 0.3) is 0 Å². The van der Waals surface area contributed by atoms with Gasteiger partial charge in [-0.3, -0.25) is 0 Å². The predicted molar refractivity (Wildman–Crippen MR) is 65.1 cm³/mol. The molecule has 0 bridgehead atoms. The molecule has 0 saturated heterocycles. The lowest BCUT2D eigenvalue weighted by Gasteiger charge is -2.27. The molecule has 1 aromatic rings. The van der Waals surface area contributed by atoms with E-state index in [4.69, 9.17) is 5.73 Å². The average molecular weight is 239 g/mol. The van der Waals surface area contributed by atoms with E-state index in [1.807, 2.05) is 20.8 Å². The van der Waals surface area contributed by atoms with E-state index in [9.17, 15) is 8.78 Å². The largest absolute Gasteiger partial charge is 0.327 e. The van der Waals surface area contributed by atoms with Gasteiger partial charge in [0.1, 0.15) is 11.6 Å². The molecule has 0 amide bonds. The van der Waals surface area contributed by atoms with Crippen molar-refractivity contribution in [3.8, 4) is 0 Å². The van der Waals surface area contributed by atoms with Crippen LogP contribution in [0, 0.1) is 11.6 Å². The molecule has 17 heavy (non-hydrogen) atoms. The topological polar surface area (TPSA) is 26.0 Å². The van der Waals surface area contributed by atoms with Crippen LogP contribution >= 0.6 is 0 Å². The Labute approximate surface area is 101 Å². The van der Waals surface area contributed by atoms with Crippen LogP contribution in [0.15, 0.2) is 6.07 Å². The summed E-state index contributed by atoms with van der Waals surface area (Å²) >= 11 is 0. The molecule has 1 unspecified atom stereocenters. The van der Waals surface area contributed by atoms with Crippen molar-refractivity contribution in [3.05, 3.63) is 34.4 Å². The maximum Gasteiger partial charge on any atom is 0.133 e. The minimum atomic E-state index is -0.523. The molecule has 0 saturated carbocycles. The van der Waals surface area contributed by atoms with E-state index in [1.54, 1.807) is 0 Å². The molecular formula is C14H19F2N. The second-order valence-electron chi connectivity index (χ2n) is 5.94. The minimum absolute atomic E-state index is 0.00437. The molecule has 0 radical (unpaired) electrons. The molecule has 1 nitrogen and oxygen atoms in total. The molecule has 2 rings (SSSR count). The first-order chi connectivity index (χ1) is 7.80. The number of rotatable bonds is 0. The quantitative estimate of drug-likeness (QED) is 0.739. The van der Waals surface area contributed by atoms with E-state index in [1.165, 1.54) is 6.07 Å². The van der Waals surface area contributed by atoms with E-state index in [0.29, 0.717) is 18.4 Å². The van der Waals surface area contributed by atoms with Crippen LogP contribution < -0.4 is 5.73 Å². The number of hydrogen-bond donors (Lipinski definition) is 1. The molecule has 2 N–H and O–H groups in total. The second kappa shape index (κ2) is 4.05. The van der Waals surface area contributed by atoms with Crippen LogP contribution in [0.2, 0.25) is 0 Å². The third kappa shape index (κ3) is 2.21. The van der Waals surface area contributed by atoms with E-state index in [2.05, 4.69) is 0 Å². The number of fused-ring (bicyclic) bond motifs is 1. The highest BCUT2D eigenvalue weighted by molar-refractivity contribution is 5.40. The van der Waals surface area contributed by atoms with Crippen LogP contribution in [0.1, 0.15) is 43.9 Å². The number of halogens is 2. The standard InChI is InChI=1S/C14H19F2N/c1-14(2,3)12-11(15)6-8-4-5-9(17)7-10(8)13(12)16/h6,9H,4-5,7,17H2,1-3H3. The lowest BCUT2D eigenvalue weighted by Crippen LogP contribution is -2.30. The first-order valence-electron chi connectivity index (χ1n) is 6.06. The Morgan fingerprint density at radius 3 is 2.53 bits per heavy atom. The van der Waals surface area contributed by atoms with Gasteiger partial charge in [0.2, 0.25) is 0 Å². The summed E-state index contributed by atoms with van der Waals surface area (Å²) in [6, 6.07) is 1.49. The molecule has 1 aromatic carbocycles. The number of nitrogens with two attached hydrogens (primary N) is 1. The third-order valence-electron chi connectivity index (χ3n) is 3.41. The van der Waals surface area contributed by atoms with Crippen LogP contribution in [0.5, 0.6) is 0 Å². The average Bonchev–Trinajstić information content (AvgIpc) is 2.17. The molecule has 94 valence electrons. The molecular weight excluding hydrogens is 220 g/mol. The van der Waals surface area contributed by atoms with Crippen LogP contribution in [-0.2, 0) is 18.3 Å². The number of hydrogen-bond acceptors (Lipinski definition) is 1. The van der Waals surface area contributed by atoms with Crippen molar-refractivity contribution in [2.24, 2.45) is 5.73 Å². The fraction of sp³-hybridized carbons (Fsp3) is 0.571. The van der Waals surface area contributed by atoms with Crippen molar-refractivity contribution in [2.45, 2.75) is 51.5 Å². The predicted octanol–water partition coefficient (Wildman–Crippen LogP) is 3.08. The van der Waals surface area contributed by atoms with Crippen LogP contribution in [0.25, 0.3) is 0 Å². The Bertz CT molecular complexity index is 447. The lowest BCUT2D eigenvalue weighted by molar-refractivity contribution is 0.454. The molecule has 0 aliphatic heterocycles. The van der Waals surface area contributed by atoms with Crippen LogP contribution in [0.3, 0.4) is 0 Å². The zero-order valence-corrected chi connectivity index (χ0v) is 10.6. The lowest BCUT2D eigenvalue weighted by atomic mass is 9.80. The molecule has 0 heterocycles. The van der Waals surface area contributed by atoms with E-state index in [-0.39, 0.29) is 17.4 Å². The monoisotopic (exact) mass is 239 g/mol. The second-order valence-corrected chi connectivity index (χ2v) is 5.94. The third-order valence-corrected chi connectivity index (χ3v) is 3.41. The van der Waals surface area contributed by atoms with Gasteiger partial charge in [0, 0.05) is 11.6 Å². The highest BCUT2D eigenvalue weighted by Gasteiger charge is 2.29. The summed E-state index contributed by atoms with van der Waals surface area (Å²) < 4.78 is 28.3. The Morgan fingerprint density at radius 1 is 1.29 bits per heavy atom. The molecule has 3 heteroatoms. The fourth-order valence-corrected chi connectivity index (χ4v) is 2.55. The van der Waals surface area contributed by atoms with Gasteiger partial charge in [-0.1, -0.05) is 20.8 Å². The first kappa shape index (κ1) is 12.5. The zero-order valence-electron chi connectivity index (χ0n) is 10.6. The van der Waals surface area contributed by atoms with Crippen molar-refractivity contribution in [1.29, 1.82) is 0 Å². The Morgan fingerprint density at radius 2 is 1.94 bits per heavy atom. The minimum Gasteiger partial charge on any atom is -0.327 e. The molecule has 1 aliphatic rings. The van der Waals surface area contributed by atoms with Gasteiger partial charge in [-0.05, 0) is 41.9 Å². The van der Waals surface area contributed by atoms with E-state index < -0.39 is 11.2 Å². The smallest absolute Gasteiger partial charge is 0.133 e. The Kier molecular flexibility index (Phi) is 2.98. The fourth-order valence-electron chi connectivity index (χ4n) is 2.55. The van der Waals surface area contributed by atoms with E-state index in [0.717, 1.165) is 12.0 Å². The Balaban J connectivity index is 2.61. The summed E-state index contributed by atoms with van der Waals surface area (Å²) in [7, 11) is 0. The highest BCUT2D eigenvalue weighted by atomic mass is 19.1. The summed E-state index contributed by atoms with van der Waals surface area (Å²) in [6.07, 6.45) is 2.00. The summed E-state index contributed by atoms with van der Waals surface area (Å²) in [6.45, 7) is 5.47. The number of benzene rings is 1.